The fourth-order valence-corrected chi connectivity index (χ4v) is 3.43. The van der Waals surface area contributed by atoms with E-state index in [0.717, 1.165) is 32.2 Å². The SMILES string of the molecule is CC(C)CC(=O)N1CCC2(CO)CCCC12. The zero-order valence-electron chi connectivity index (χ0n) is 10.4. The molecule has 2 aliphatic rings. The van der Waals surface area contributed by atoms with Gasteiger partial charge in [0.1, 0.15) is 0 Å². The highest BCUT2D eigenvalue weighted by Crippen LogP contribution is 2.48. The van der Waals surface area contributed by atoms with Crippen molar-refractivity contribution < 1.29 is 9.90 Å². The van der Waals surface area contributed by atoms with Crippen molar-refractivity contribution in [3.63, 3.8) is 0 Å². The van der Waals surface area contributed by atoms with Gasteiger partial charge >= 0.3 is 0 Å². The molecule has 3 nitrogen and oxygen atoms in total. The van der Waals surface area contributed by atoms with Crippen molar-refractivity contribution in [3.05, 3.63) is 0 Å². The third-order valence-electron chi connectivity index (χ3n) is 4.30. The third-order valence-corrected chi connectivity index (χ3v) is 4.30. The average Bonchev–Trinajstić information content (AvgIpc) is 2.73. The molecular formula is C13H23NO2. The quantitative estimate of drug-likeness (QED) is 0.795. The van der Waals surface area contributed by atoms with Crippen LogP contribution >= 0.6 is 0 Å². The van der Waals surface area contributed by atoms with Crippen LogP contribution in [0, 0.1) is 11.3 Å². The second-order valence-corrected chi connectivity index (χ2v) is 5.86. The van der Waals surface area contributed by atoms with E-state index in [9.17, 15) is 9.90 Å². The largest absolute Gasteiger partial charge is 0.396 e. The monoisotopic (exact) mass is 225 g/mol. The molecule has 0 aromatic rings. The summed E-state index contributed by atoms with van der Waals surface area (Å²) in [6.07, 6.45) is 5.00. The van der Waals surface area contributed by atoms with Gasteiger partial charge < -0.3 is 10.0 Å². The molecule has 0 spiro atoms. The molecule has 2 unspecified atom stereocenters. The minimum absolute atomic E-state index is 0.0483. The molecule has 1 aliphatic carbocycles. The summed E-state index contributed by atoms with van der Waals surface area (Å²) in [7, 11) is 0. The molecule has 2 rings (SSSR count). The summed E-state index contributed by atoms with van der Waals surface area (Å²) in [6, 6.07) is 0.323. The lowest BCUT2D eigenvalue weighted by atomic mass is 9.83. The highest BCUT2D eigenvalue weighted by Gasteiger charge is 2.51. The highest BCUT2D eigenvalue weighted by molar-refractivity contribution is 5.77. The predicted octanol–water partition coefficient (Wildman–Crippen LogP) is 1.80. The van der Waals surface area contributed by atoms with Crippen LogP contribution in [0.4, 0.5) is 0 Å². The van der Waals surface area contributed by atoms with Crippen LogP contribution in [0.2, 0.25) is 0 Å². The van der Waals surface area contributed by atoms with E-state index in [2.05, 4.69) is 13.8 Å². The molecule has 3 heteroatoms. The molecule has 1 heterocycles. The minimum Gasteiger partial charge on any atom is -0.396 e. The summed E-state index contributed by atoms with van der Waals surface area (Å²) in [5, 5.41) is 9.57. The molecule has 0 bridgehead atoms. The fourth-order valence-electron chi connectivity index (χ4n) is 3.43. The van der Waals surface area contributed by atoms with Crippen LogP contribution in [0.25, 0.3) is 0 Å². The van der Waals surface area contributed by atoms with Gasteiger partial charge in [-0.1, -0.05) is 20.3 Å². The van der Waals surface area contributed by atoms with Crippen molar-refractivity contribution in [3.8, 4) is 0 Å². The number of hydrogen-bond donors (Lipinski definition) is 1. The van der Waals surface area contributed by atoms with Gasteiger partial charge in [-0.15, -0.1) is 0 Å². The van der Waals surface area contributed by atoms with Crippen LogP contribution in [0.1, 0.15) is 46.0 Å². The van der Waals surface area contributed by atoms with E-state index in [1.165, 1.54) is 0 Å². The van der Waals surface area contributed by atoms with E-state index in [0.29, 0.717) is 18.4 Å². The van der Waals surface area contributed by atoms with Gasteiger partial charge in [0.05, 0.1) is 6.61 Å². The summed E-state index contributed by atoms with van der Waals surface area (Å²) >= 11 is 0. The number of carbonyl (C=O) groups excluding carboxylic acids is 1. The van der Waals surface area contributed by atoms with Gasteiger partial charge in [-0.3, -0.25) is 4.79 Å². The molecule has 0 aromatic heterocycles. The van der Waals surface area contributed by atoms with Crippen LogP contribution in [0.3, 0.4) is 0 Å². The Bertz CT molecular complexity index is 277. The Morgan fingerprint density at radius 3 is 2.88 bits per heavy atom. The second kappa shape index (κ2) is 4.36. The minimum atomic E-state index is 0.0483. The van der Waals surface area contributed by atoms with E-state index >= 15 is 0 Å². The third kappa shape index (κ3) is 1.86. The van der Waals surface area contributed by atoms with Gasteiger partial charge in [0, 0.05) is 24.4 Å². The fraction of sp³-hybridized carbons (Fsp3) is 0.923. The Morgan fingerprint density at radius 1 is 1.50 bits per heavy atom. The standard InChI is InChI=1S/C13H23NO2/c1-10(2)8-12(16)14-7-6-13(9-15)5-3-4-11(13)14/h10-11,15H,3-9H2,1-2H3. The second-order valence-electron chi connectivity index (χ2n) is 5.86. The zero-order valence-corrected chi connectivity index (χ0v) is 10.4. The van der Waals surface area contributed by atoms with E-state index in [-0.39, 0.29) is 17.9 Å². The molecule has 92 valence electrons. The Balaban J connectivity index is 2.06. The first kappa shape index (κ1) is 11.9. The lowest BCUT2D eigenvalue weighted by Gasteiger charge is -2.31. The maximum absolute atomic E-state index is 12.1. The molecule has 1 amide bonds. The topological polar surface area (TPSA) is 40.5 Å². The van der Waals surface area contributed by atoms with Crippen molar-refractivity contribution in [1.29, 1.82) is 0 Å². The normalized spacial score (nSPS) is 33.5. The molecule has 0 aromatic carbocycles. The first-order chi connectivity index (χ1) is 7.59. The number of nitrogens with zero attached hydrogens (tertiary/aromatic N) is 1. The van der Waals surface area contributed by atoms with Crippen LogP contribution in [0.5, 0.6) is 0 Å². The molecule has 1 N–H and O–H groups in total. The molecule has 2 fully saturated rings. The summed E-state index contributed by atoms with van der Waals surface area (Å²) in [6.45, 7) is 5.28. The molecule has 1 saturated heterocycles. The summed E-state index contributed by atoms with van der Waals surface area (Å²) in [5.74, 6) is 0.718. The lowest BCUT2D eigenvalue weighted by Crippen LogP contribution is -2.41. The van der Waals surface area contributed by atoms with Crippen molar-refractivity contribution in [2.45, 2.75) is 52.0 Å². The predicted molar refractivity (Wildman–Crippen MR) is 62.9 cm³/mol. The Kier molecular flexibility index (Phi) is 3.24. The number of likely N-dealkylation sites (tertiary alicyclic amines) is 1. The van der Waals surface area contributed by atoms with E-state index in [1.54, 1.807) is 0 Å². The molecule has 16 heavy (non-hydrogen) atoms. The number of aliphatic hydroxyl groups is 1. The van der Waals surface area contributed by atoms with Crippen LogP contribution in [-0.2, 0) is 4.79 Å². The molecule has 1 saturated carbocycles. The number of carbonyl (C=O) groups is 1. The van der Waals surface area contributed by atoms with Crippen LogP contribution < -0.4 is 0 Å². The zero-order chi connectivity index (χ0) is 11.8. The molecule has 2 atom stereocenters. The van der Waals surface area contributed by atoms with Gasteiger partial charge in [0.25, 0.3) is 0 Å². The maximum Gasteiger partial charge on any atom is 0.223 e. The number of aliphatic hydroxyl groups excluding tert-OH is 1. The summed E-state index contributed by atoms with van der Waals surface area (Å²) in [4.78, 5) is 14.1. The number of rotatable bonds is 3. The highest BCUT2D eigenvalue weighted by atomic mass is 16.3. The first-order valence-electron chi connectivity index (χ1n) is 6.49. The van der Waals surface area contributed by atoms with Crippen molar-refractivity contribution in [2.75, 3.05) is 13.2 Å². The van der Waals surface area contributed by atoms with Gasteiger partial charge in [0.2, 0.25) is 5.91 Å². The Hall–Kier alpha value is -0.570. The molecule has 0 radical (unpaired) electrons. The van der Waals surface area contributed by atoms with Gasteiger partial charge in [-0.05, 0) is 25.2 Å². The Morgan fingerprint density at radius 2 is 2.25 bits per heavy atom. The van der Waals surface area contributed by atoms with E-state index in [4.69, 9.17) is 0 Å². The van der Waals surface area contributed by atoms with Crippen molar-refractivity contribution >= 4 is 5.91 Å². The van der Waals surface area contributed by atoms with Crippen LogP contribution in [0.15, 0.2) is 0 Å². The summed E-state index contributed by atoms with van der Waals surface area (Å²) < 4.78 is 0. The van der Waals surface area contributed by atoms with Gasteiger partial charge in [-0.2, -0.15) is 0 Å². The van der Waals surface area contributed by atoms with Crippen molar-refractivity contribution in [1.82, 2.24) is 4.90 Å². The summed E-state index contributed by atoms with van der Waals surface area (Å²) in [5.41, 5.74) is 0.0483. The molecule has 1 aliphatic heterocycles. The number of hydrogen-bond acceptors (Lipinski definition) is 2. The Labute approximate surface area is 97.8 Å². The maximum atomic E-state index is 12.1. The van der Waals surface area contributed by atoms with Gasteiger partial charge in [-0.25, -0.2) is 0 Å². The number of fused-ring (bicyclic) bond motifs is 1. The first-order valence-corrected chi connectivity index (χ1v) is 6.49. The van der Waals surface area contributed by atoms with E-state index < -0.39 is 0 Å². The average molecular weight is 225 g/mol. The number of amides is 1. The van der Waals surface area contributed by atoms with E-state index in [1.807, 2.05) is 4.90 Å². The van der Waals surface area contributed by atoms with Crippen LogP contribution in [-0.4, -0.2) is 35.1 Å². The molecular weight excluding hydrogens is 202 g/mol. The lowest BCUT2D eigenvalue weighted by molar-refractivity contribution is -0.133. The van der Waals surface area contributed by atoms with Gasteiger partial charge in [0.15, 0.2) is 0 Å². The van der Waals surface area contributed by atoms with Crippen molar-refractivity contribution in [2.24, 2.45) is 11.3 Å². The smallest absolute Gasteiger partial charge is 0.223 e.